The van der Waals surface area contributed by atoms with Gasteiger partial charge in [-0.2, -0.15) is 0 Å². The van der Waals surface area contributed by atoms with Crippen molar-refractivity contribution in [3.05, 3.63) is 11.9 Å². The highest BCUT2D eigenvalue weighted by molar-refractivity contribution is 5.75. The molecule has 0 fully saturated rings. The molecule has 1 aromatic rings. The normalized spacial score (nSPS) is 10.0. The number of nitrogens with zero attached hydrogens (tertiary/aromatic N) is 3. The standard InChI is InChI=1S/C8H14N4O/c1-3-4-9-8(13)6-12-7(2)5-10-11-12/h5H,3-4,6H2,1-2H3,(H,9,13). The van der Waals surface area contributed by atoms with Gasteiger partial charge in [0.25, 0.3) is 0 Å². The molecule has 0 saturated heterocycles. The van der Waals surface area contributed by atoms with E-state index in [1.54, 1.807) is 10.9 Å². The van der Waals surface area contributed by atoms with E-state index in [-0.39, 0.29) is 12.5 Å². The van der Waals surface area contributed by atoms with Crippen molar-refractivity contribution in [2.45, 2.75) is 26.8 Å². The quantitative estimate of drug-likeness (QED) is 0.719. The molecule has 72 valence electrons. The van der Waals surface area contributed by atoms with E-state index in [2.05, 4.69) is 15.6 Å². The third-order valence-corrected chi connectivity index (χ3v) is 1.68. The number of hydrogen-bond donors (Lipinski definition) is 1. The fourth-order valence-electron chi connectivity index (χ4n) is 0.922. The lowest BCUT2D eigenvalue weighted by atomic mass is 10.4. The lowest BCUT2D eigenvalue weighted by molar-refractivity contribution is -0.121. The Morgan fingerprint density at radius 3 is 3.00 bits per heavy atom. The van der Waals surface area contributed by atoms with E-state index in [0.29, 0.717) is 6.54 Å². The lowest BCUT2D eigenvalue weighted by Crippen LogP contribution is -2.28. The van der Waals surface area contributed by atoms with Gasteiger partial charge in [0.2, 0.25) is 5.91 Å². The number of carbonyl (C=O) groups is 1. The molecule has 5 nitrogen and oxygen atoms in total. The molecule has 0 aliphatic heterocycles. The van der Waals surface area contributed by atoms with Gasteiger partial charge in [0.15, 0.2) is 0 Å². The Kier molecular flexibility index (Phi) is 3.42. The van der Waals surface area contributed by atoms with Crippen LogP contribution < -0.4 is 5.32 Å². The molecule has 5 heteroatoms. The van der Waals surface area contributed by atoms with E-state index in [1.165, 1.54) is 0 Å². The summed E-state index contributed by atoms with van der Waals surface area (Å²) in [5.41, 5.74) is 0.895. The van der Waals surface area contributed by atoms with Crippen LogP contribution in [0.4, 0.5) is 0 Å². The lowest BCUT2D eigenvalue weighted by Gasteiger charge is -2.03. The third kappa shape index (κ3) is 2.85. The third-order valence-electron chi connectivity index (χ3n) is 1.68. The Bertz CT molecular complexity index is 281. The van der Waals surface area contributed by atoms with Crippen molar-refractivity contribution >= 4 is 5.91 Å². The van der Waals surface area contributed by atoms with Crippen LogP contribution in [0.25, 0.3) is 0 Å². The number of carbonyl (C=O) groups excluding carboxylic acids is 1. The molecule has 0 spiro atoms. The summed E-state index contributed by atoms with van der Waals surface area (Å²) in [5.74, 6) is -0.0181. The number of amides is 1. The maximum atomic E-state index is 11.2. The van der Waals surface area contributed by atoms with Crippen LogP contribution in [0, 0.1) is 6.92 Å². The molecule has 0 aromatic carbocycles. The fourth-order valence-corrected chi connectivity index (χ4v) is 0.922. The van der Waals surface area contributed by atoms with Gasteiger partial charge in [0, 0.05) is 6.54 Å². The van der Waals surface area contributed by atoms with Gasteiger partial charge in [0.1, 0.15) is 6.54 Å². The Morgan fingerprint density at radius 2 is 2.46 bits per heavy atom. The van der Waals surface area contributed by atoms with Gasteiger partial charge in [-0.25, -0.2) is 4.68 Å². The minimum absolute atomic E-state index is 0.0181. The molecule has 1 N–H and O–H groups in total. The van der Waals surface area contributed by atoms with Crippen LogP contribution in [-0.4, -0.2) is 27.4 Å². The highest BCUT2D eigenvalue weighted by Gasteiger charge is 2.04. The Morgan fingerprint density at radius 1 is 1.69 bits per heavy atom. The first-order chi connectivity index (χ1) is 6.24. The highest BCUT2D eigenvalue weighted by Crippen LogP contribution is 1.91. The average Bonchev–Trinajstić information content (AvgIpc) is 2.48. The molecule has 1 heterocycles. The smallest absolute Gasteiger partial charge is 0.241 e. The van der Waals surface area contributed by atoms with Crippen LogP contribution in [0.15, 0.2) is 6.20 Å². The van der Waals surface area contributed by atoms with E-state index >= 15 is 0 Å². The number of hydrogen-bond acceptors (Lipinski definition) is 3. The summed E-state index contributed by atoms with van der Waals surface area (Å²) in [7, 11) is 0. The first-order valence-electron chi connectivity index (χ1n) is 4.36. The number of aromatic nitrogens is 3. The van der Waals surface area contributed by atoms with Crippen molar-refractivity contribution in [2.75, 3.05) is 6.54 Å². The van der Waals surface area contributed by atoms with E-state index in [0.717, 1.165) is 12.1 Å². The molecule has 0 radical (unpaired) electrons. The second-order valence-electron chi connectivity index (χ2n) is 2.88. The van der Waals surface area contributed by atoms with Gasteiger partial charge >= 0.3 is 0 Å². The minimum Gasteiger partial charge on any atom is -0.355 e. The van der Waals surface area contributed by atoms with Gasteiger partial charge in [-0.1, -0.05) is 12.1 Å². The van der Waals surface area contributed by atoms with Crippen molar-refractivity contribution in [3.63, 3.8) is 0 Å². The Labute approximate surface area is 77.1 Å². The molecule has 0 bridgehead atoms. The highest BCUT2D eigenvalue weighted by atomic mass is 16.2. The maximum Gasteiger partial charge on any atom is 0.241 e. The molecule has 0 atom stereocenters. The predicted octanol–water partition coefficient (Wildman–Crippen LogP) is 0.113. The first kappa shape index (κ1) is 9.70. The molecular weight excluding hydrogens is 168 g/mol. The second-order valence-corrected chi connectivity index (χ2v) is 2.88. The van der Waals surface area contributed by atoms with Crippen LogP contribution in [-0.2, 0) is 11.3 Å². The molecule has 1 aromatic heterocycles. The van der Waals surface area contributed by atoms with Gasteiger partial charge in [0.05, 0.1) is 11.9 Å². The van der Waals surface area contributed by atoms with Gasteiger partial charge in [-0.3, -0.25) is 4.79 Å². The summed E-state index contributed by atoms with van der Waals surface area (Å²) in [6.45, 7) is 4.85. The van der Waals surface area contributed by atoms with Crippen molar-refractivity contribution in [1.82, 2.24) is 20.3 Å². The van der Waals surface area contributed by atoms with Crippen molar-refractivity contribution in [2.24, 2.45) is 0 Å². The zero-order valence-electron chi connectivity index (χ0n) is 7.95. The molecule has 13 heavy (non-hydrogen) atoms. The number of nitrogens with one attached hydrogen (secondary N) is 1. The molecule has 0 saturated carbocycles. The van der Waals surface area contributed by atoms with Crippen LogP contribution in [0.1, 0.15) is 19.0 Å². The molecule has 0 unspecified atom stereocenters. The first-order valence-corrected chi connectivity index (χ1v) is 4.36. The number of aryl methyl sites for hydroxylation is 1. The van der Waals surface area contributed by atoms with E-state index in [9.17, 15) is 4.79 Å². The van der Waals surface area contributed by atoms with Crippen LogP contribution in [0.5, 0.6) is 0 Å². The SMILES string of the molecule is CCCNC(=O)Cn1nncc1C. The van der Waals surface area contributed by atoms with E-state index < -0.39 is 0 Å². The summed E-state index contributed by atoms with van der Waals surface area (Å²) in [6, 6.07) is 0. The summed E-state index contributed by atoms with van der Waals surface area (Å²) in [4.78, 5) is 11.2. The van der Waals surface area contributed by atoms with Crippen LogP contribution >= 0.6 is 0 Å². The van der Waals surface area contributed by atoms with Gasteiger partial charge in [-0.15, -0.1) is 5.10 Å². The minimum atomic E-state index is -0.0181. The summed E-state index contributed by atoms with van der Waals surface area (Å²) in [5, 5.41) is 10.2. The monoisotopic (exact) mass is 182 g/mol. The maximum absolute atomic E-state index is 11.2. The Balaban J connectivity index is 2.41. The van der Waals surface area contributed by atoms with Crippen molar-refractivity contribution < 1.29 is 4.79 Å². The summed E-state index contributed by atoms with van der Waals surface area (Å²) < 4.78 is 1.57. The second kappa shape index (κ2) is 4.59. The Hall–Kier alpha value is -1.39. The molecule has 0 aliphatic rings. The number of rotatable bonds is 4. The van der Waals surface area contributed by atoms with E-state index in [1.807, 2.05) is 13.8 Å². The van der Waals surface area contributed by atoms with Gasteiger partial charge < -0.3 is 5.32 Å². The molecule has 1 rings (SSSR count). The predicted molar refractivity (Wildman–Crippen MR) is 48.1 cm³/mol. The molecule has 1 amide bonds. The molecular formula is C8H14N4O. The summed E-state index contributed by atoms with van der Waals surface area (Å²) in [6.07, 6.45) is 2.58. The van der Waals surface area contributed by atoms with Crippen molar-refractivity contribution in [1.29, 1.82) is 0 Å². The topological polar surface area (TPSA) is 59.8 Å². The summed E-state index contributed by atoms with van der Waals surface area (Å²) >= 11 is 0. The van der Waals surface area contributed by atoms with Crippen LogP contribution in [0.3, 0.4) is 0 Å². The van der Waals surface area contributed by atoms with E-state index in [4.69, 9.17) is 0 Å². The largest absolute Gasteiger partial charge is 0.355 e. The van der Waals surface area contributed by atoms with Gasteiger partial charge in [-0.05, 0) is 13.3 Å². The van der Waals surface area contributed by atoms with Crippen LogP contribution in [0.2, 0.25) is 0 Å². The zero-order valence-corrected chi connectivity index (χ0v) is 7.95. The fraction of sp³-hybridized carbons (Fsp3) is 0.625. The zero-order chi connectivity index (χ0) is 9.68. The average molecular weight is 182 g/mol. The van der Waals surface area contributed by atoms with Crippen molar-refractivity contribution in [3.8, 4) is 0 Å². The molecule has 0 aliphatic carbocycles.